The first-order chi connectivity index (χ1) is 11.3. The molecule has 1 aromatic carbocycles. The monoisotopic (exact) mass is 331 g/mol. The fourth-order valence-corrected chi connectivity index (χ4v) is 3.04. The molecule has 0 aromatic heterocycles. The summed E-state index contributed by atoms with van der Waals surface area (Å²) >= 11 is 0. The number of nitrogens with one attached hydrogen (secondary N) is 2. The van der Waals surface area contributed by atoms with Crippen molar-refractivity contribution in [1.82, 2.24) is 15.5 Å². The maximum atomic E-state index is 12.5. The van der Waals surface area contributed by atoms with Gasteiger partial charge in [0.25, 0.3) is 5.91 Å². The van der Waals surface area contributed by atoms with Gasteiger partial charge in [0.1, 0.15) is 12.1 Å². The minimum atomic E-state index is -0.921. The largest absolute Gasteiger partial charge is 0.354 e. The van der Waals surface area contributed by atoms with Crippen molar-refractivity contribution in [3.63, 3.8) is 0 Å². The highest BCUT2D eigenvalue weighted by molar-refractivity contribution is 6.08. The molecule has 4 amide bonds. The van der Waals surface area contributed by atoms with E-state index < -0.39 is 11.6 Å². The van der Waals surface area contributed by atoms with Crippen LogP contribution in [0.25, 0.3) is 0 Å². The van der Waals surface area contributed by atoms with E-state index in [1.807, 2.05) is 44.2 Å². The highest BCUT2D eigenvalue weighted by Gasteiger charge is 2.48. The van der Waals surface area contributed by atoms with Crippen molar-refractivity contribution < 1.29 is 14.4 Å². The van der Waals surface area contributed by atoms with E-state index in [1.165, 1.54) is 0 Å². The maximum Gasteiger partial charge on any atom is 0.325 e. The maximum absolute atomic E-state index is 12.5. The number of hydrogen-bond donors (Lipinski definition) is 2. The predicted molar refractivity (Wildman–Crippen MR) is 91.3 cm³/mol. The Bertz CT molecular complexity index is 615. The molecule has 1 aromatic rings. The van der Waals surface area contributed by atoms with E-state index in [2.05, 4.69) is 10.6 Å². The van der Waals surface area contributed by atoms with Gasteiger partial charge in [-0.2, -0.15) is 0 Å². The van der Waals surface area contributed by atoms with Crippen molar-refractivity contribution in [2.45, 2.75) is 39.2 Å². The second-order valence-corrected chi connectivity index (χ2v) is 6.84. The minimum Gasteiger partial charge on any atom is -0.354 e. The molecule has 0 radical (unpaired) electrons. The van der Waals surface area contributed by atoms with Crippen LogP contribution in [0.4, 0.5) is 4.79 Å². The molecule has 6 nitrogen and oxygen atoms in total. The lowest BCUT2D eigenvalue weighted by Crippen LogP contribution is -2.46. The number of hydrogen-bond acceptors (Lipinski definition) is 3. The standard InChI is InChI=1S/C18H25N3O3/c1-13(2)11-18(3)16(23)21(17(24)20-18)12-15(22)19-10-9-14-7-5-4-6-8-14/h4-8,13H,9-12H2,1-3H3,(H,19,22)(H,20,24). The molecule has 2 rings (SSSR count). The lowest BCUT2D eigenvalue weighted by molar-refractivity contribution is -0.135. The summed E-state index contributed by atoms with van der Waals surface area (Å²) in [5, 5.41) is 5.46. The average Bonchev–Trinajstić information content (AvgIpc) is 2.71. The fourth-order valence-electron chi connectivity index (χ4n) is 3.04. The van der Waals surface area contributed by atoms with Crippen LogP contribution in [-0.4, -0.2) is 41.4 Å². The van der Waals surface area contributed by atoms with Gasteiger partial charge in [-0.25, -0.2) is 4.79 Å². The van der Waals surface area contributed by atoms with E-state index >= 15 is 0 Å². The minimum absolute atomic E-state index is 0.243. The molecule has 0 spiro atoms. The van der Waals surface area contributed by atoms with E-state index in [9.17, 15) is 14.4 Å². The molecule has 0 saturated carbocycles. The Morgan fingerprint density at radius 3 is 2.54 bits per heavy atom. The van der Waals surface area contributed by atoms with Gasteiger partial charge in [0.05, 0.1) is 0 Å². The van der Waals surface area contributed by atoms with Gasteiger partial charge in [0, 0.05) is 6.54 Å². The average molecular weight is 331 g/mol. The number of carbonyl (C=O) groups is 3. The molecule has 130 valence electrons. The first-order valence-corrected chi connectivity index (χ1v) is 8.26. The SMILES string of the molecule is CC(C)CC1(C)NC(=O)N(CC(=O)NCCc2ccccc2)C1=O. The number of imide groups is 1. The third-order valence-electron chi connectivity index (χ3n) is 4.04. The molecule has 1 aliphatic heterocycles. The lowest BCUT2D eigenvalue weighted by Gasteiger charge is -2.23. The summed E-state index contributed by atoms with van der Waals surface area (Å²) < 4.78 is 0. The Morgan fingerprint density at radius 2 is 1.92 bits per heavy atom. The number of nitrogens with zero attached hydrogens (tertiary/aromatic N) is 1. The van der Waals surface area contributed by atoms with Crippen molar-refractivity contribution in [3.8, 4) is 0 Å². The van der Waals surface area contributed by atoms with Crippen LogP contribution in [0.1, 0.15) is 32.8 Å². The smallest absolute Gasteiger partial charge is 0.325 e. The molecule has 24 heavy (non-hydrogen) atoms. The molecule has 0 bridgehead atoms. The van der Waals surface area contributed by atoms with Crippen LogP contribution in [0.3, 0.4) is 0 Å². The van der Waals surface area contributed by atoms with Gasteiger partial charge in [0.15, 0.2) is 0 Å². The first-order valence-electron chi connectivity index (χ1n) is 8.26. The Balaban J connectivity index is 1.85. The molecule has 2 N–H and O–H groups in total. The molecule has 0 aliphatic carbocycles. The number of carbonyl (C=O) groups excluding carboxylic acids is 3. The van der Waals surface area contributed by atoms with Crippen molar-refractivity contribution >= 4 is 17.8 Å². The lowest BCUT2D eigenvalue weighted by atomic mass is 9.91. The molecular formula is C18H25N3O3. The zero-order chi connectivity index (χ0) is 17.7. The van der Waals surface area contributed by atoms with Crippen molar-refractivity contribution in [2.75, 3.05) is 13.1 Å². The van der Waals surface area contributed by atoms with Crippen LogP contribution < -0.4 is 10.6 Å². The van der Waals surface area contributed by atoms with Crippen LogP contribution in [0.15, 0.2) is 30.3 Å². The van der Waals surface area contributed by atoms with E-state index in [0.717, 1.165) is 10.5 Å². The Hall–Kier alpha value is -2.37. The third-order valence-corrected chi connectivity index (χ3v) is 4.04. The van der Waals surface area contributed by atoms with Crippen LogP contribution in [-0.2, 0) is 16.0 Å². The highest BCUT2D eigenvalue weighted by Crippen LogP contribution is 2.24. The van der Waals surface area contributed by atoms with Gasteiger partial charge in [-0.05, 0) is 31.2 Å². The second kappa shape index (κ2) is 7.47. The van der Waals surface area contributed by atoms with Gasteiger partial charge < -0.3 is 10.6 Å². The van der Waals surface area contributed by atoms with Gasteiger partial charge in [-0.3, -0.25) is 14.5 Å². The molecule has 1 saturated heterocycles. The molecular weight excluding hydrogens is 306 g/mol. The molecule has 1 unspecified atom stereocenters. The normalized spacial score (nSPS) is 20.4. The van der Waals surface area contributed by atoms with Gasteiger partial charge in [0.2, 0.25) is 5.91 Å². The molecule has 1 aliphatic rings. The van der Waals surface area contributed by atoms with Crippen LogP contribution in [0.5, 0.6) is 0 Å². The van der Waals surface area contributed by atoms with E-state index in [0.29, 0.717) is 19.4 Å². The fraction of sp³-hybridized carbons (Fsp3) is 0.500. The summed E-state index contributed by atoms with van der Waals surface area (Å²) in [4.78, 5) is 37.5. The number of amides is 4. The van der Waals surface area contributed by atoms with Crippen molar-refractivity contribution in [2.24, 2.45) is 5.92 Å². The Labute approximate surface area is 142 Å². The number of benzene rings is 1. The van der Waals surface area contributed by atoms with E-state index in [-0.39, 0.29) is 24.3 Å². The summed E-state index contributed by atoms with van der Waals surface area (Å²) in [6.07, 6.45) is 1.25. The third kappa shape index (κ3) is 4.34. The molecule has 1 fully saturated rings. The van der Waals surface area contributed by atoms with Gasteiger partial charge in [-0.15, -0.1) is 0 Å². The predicted octanol–water partition coefficient (Wildman–Crippen LogP) is 1.70. The zero-order valence-electron chi connectivity index (χ0n) is 14.5. The summed E-state index contributed by atoms with van der Waals surface area (Å²) in [5.74, 6) is -0.401. The van der Waals surface area contributed by atoms with Gasteiger partial charge in [-0.1, -0.05) is 44.2 Å². The van der Waals surface area contributed by atoms with E-state index in [1.54, 1.807) is 6.92 Å². The molecule has 1 atom stereocenters. The van der Waals surface area contributed by atoms with Gasteiger partial charge >= 0.3 is 6.03 Å². The number of rotatable bonds is 7. The topological polar surface area (TPSA) is 78.5 Å². The highest BCUT2D eigenvalue weighted by atomic mass is 16.2. The van der Waals surface area contributed by atoms with Crippen LogP contribution >= 0.6 is 0 Å². The van der Waals surface area contributed by atoms with E-state index in [4.69, 9.17) is 0 Å². The summed E-state index contributed by atoms with van der Waals surface area (Å²) in [5.41, 5.74) is 0.201. The van der Waals surface area contributed by atoms with Crippen molar-refractivity contribution in [3.05, 3.63) is 35.9 Å². The quantitative estimate of drug-likeness (QED) is 0.747. The molecule has 1 heterocycles. The first kappa shape index (κ1) is 18.0. The zero-order valence-corrected chi connectivity index (χ0v) is 14.5. The number of urea groups is 1. The van der Waals surface area contributed by atoms with Crippen molar-refractivity contribution in [1.29, 1.82) is 0 Å². The van der Waals surface area contributed by atoms with Crippen LogP contribution in [0, 0.1) is 5.92 Å². The Kier molecular flexibility index (Phi) is 5.59. The summed E-state index contributed by atoms with van der Waals surface area (Å²) in [6, 6.07) is 9.30. The second-order valence-electron chi connectivity index (χ2n) is 6.84. The summed E-state index contributed by atoms with van der Waals surface area (Å²) in [7, 11) is 0. The molecule has 6 heteroatoms. The van der Waals surface area contributed by atoms with Crippen LogP contribution in [0.2, 0.25) is 0 Å². The summed E-state index contributed by atoms with van der Waals surface area (Å²) in [6.45, 7) is 5.91. The Morgan fingerprint density at radius 1 is 1.25 bits per heavy atom.